The Kier molecular flexibility index (Phi) is 8.27. The van der Waals surface area contributed by atoms with E-state index in [1.54, 1.807) is 0 Å². The Morgan fingerprint density at radius 2 is 1.94 bits per heavy atom. The van der Waals surface area contributed by atoms with E-state index < -0.39 is 0 Å². The number of nitrogens with one attached hydrogen (secondary N) is 2. The molecule has 1 aromatic carbocycles. The van der Waals surface area contributed by atoms with Crippen molar-refractivity contribution in [2.45, 2.75) is 78.6 Å². The molecule has 0 saturated heterocycles. The number of aromatic nitrogens is 2. The number of rotatable bonds is 9. The molecule has 0 bridgehead atoms. The van der Waals surface area contributed by atoms with Gasteiger partial charge in [-0.1, -0.05) is 40.0 Å². The van der Waals surface area contributed by atoms with Crippen molar-refractivity contribution in [1.29, 1.82) is 0 Å². The topological polar surface area (TPSA) is 84.1 Å². The minimum Gasteiger partial charge on any atom is -0.493 e. The summed E-state index contributed by atoms with van der Waals surface area (Å²) in [5.74, 6) is 1.65. The number of carbonyl (C=O) groups excluding carboxylic acids is 1. The number of nitrogens with zero attached hydrogens (tertiary/aromatic N) is 1. The maximum atomic E-state index is 12.6. The van der Waals surface area contributed by atoms with Gasteiger partial charge in [0.25, 0.3) is 5.56 Å². The van der Waals surface area contributed by atoms with Crippen molar-refractivity contribution in [1.82, 2.24) is 9.97 Å². The molecule has 1 aromatic heterocycles. The van der Waals surface area contributed by atoms with Crippen molar-refractivity contribution in [2.24, 2.45) is 5.92 Å². The van der Waals surface area contributed by atoms with Crippen molar-refractivity contribution in [2.75, 3.05) is 11.9 Å². The Morgan fingerprint density at radius 3 is 2.61 bits per heavy atom. The SMILES string of the molecule is CCCOc1ccc(NC(=O)CC2CCCCC2)cc1-c1nc(CC)c(CC)c(=O)[nH]1. The van der Waals surface area contributed by atoms with E-state index in [1.807, 2.05) is 39.0 Å². The van der Waals surface area contributed by atoms with Gasteiger partial charge in [-0.2, -0.15) is 0 Å². The van der Waals surface area contributed by atoms with Crippen LogP contribution in [0.3, 0.4) is 0 Å². The summed E-state index contributed by atoms with van der Waals surface area (Å²) in [6.07, 6.45) is 8.75. The predicted octanol–water partition coefficient (Wildman–Crippen LogP) is 5.26. The fourth-order valence-corrected chi connectivity index (χ4v) is 4.33. The van der Waals surface area contributed by atoms with Crippen LogP contribution in [0.4, 0.5) is 5.69 Å². The Hall–Kier alpha value is -2.63. The number of ether oxygens (including phenoxy) is 1. The molecule has 6 heteroatoms. The molecule has 1 aliphatic carbocycles. The maximum Gasteiger partial charge on any atom is 0.254 e. The van der Waals surface area contributed by atoms with Gasteiger partial charge in [0.15, 0.2) is 0 Å². The highest BCUT2D eigenvalue weighted by Gasteiger charge is 2.19. The number of aryl methyl sites for hydroxylation is 1. The van der Waals surface area contributed by atoms with Crippen LogP contribution in [0.15, 0.2) is 23.0 Å². The Labute approximate surface area is 184 Å². The second-order valence-electron chi connectivity index (χ2n) is 8.36. The fourth-order valence-electron chi connectivity index (χ4n) is 4.33. The molecule has 0 aliphatic heterocycles. The average Bonchev–Trinajstić information content (AvgIpc) is 2.78. The number of aromatic amines is 1. The van der Waals surface area contributed by atoms with Crippen LogP contribution in [0.2, 0.25) is 0 Å². The van der Waals surface area contributed by atoms with Crippen LogP contribution in [0, 0.1) is 5.92 Å². The monoisotopic (exact) mass is 425 g/mol. The molecule has 1 aliphatic rings. The van der Waals surface area contributed by atoms with Crippen LogP contribution >= 0.6 is 0 Å². The third-order valence-electron chi connectivity index (χ3n) is 5.97. The molecule has 31 heavy (non-hydrogen) atoms. The molecular weight excluding hydrogens is 390 g/mol. The predicted molar refractivity (Wildman–Crippen MR) is 125 cm³/mol. The van der Waals surface area contributed by atoms with E-state index in [1.165, 1.54) is 19.3 Å². The van der Waals surface area contributed by atoms with Crippen LogP contribution < -0.4 is 15.6 Å². The lowest BCUT2D eigenvalue weighted by molar-refractivity contribution is -0.117. The van der Waals surface area contributed by atoms with Crippen LogP contribution in [0.25, 0.3) is 11.4 Å². The van der Waals surface area contributed by atoms with Crippen molar-refractivity contribution in [3.8, 4) is 17.1 Å². The lowest BCUT2D eigenvalue weighted by atomic mass is 9.87. The van der Waals surface area contributed by atoms with E-state index in [4.69, 9.17) is 9.72 Å². The highest BCUT2D eigenvalue weighted by Crippen LogP contribution is 2.32. The summed E-state index contributed by atoms with van der Waals surface area (Å²) in [5, 5.41) is 3.03. The smallest absolute Gasteiger partial charge is 0.254 e. The fraction of sp³-hybridized carbons (Fsp3) is 0.560. The first kappa shape index (κ1) is 23.0. The van der Waals surface area contributed by atoms with Crippen molar-refractivity contribution < 1.29 is 9.53 Å². The van der Waals surface area contributed by atoms with Gasteiger partial charge in [0.2, 0.25) is 5.91 Å². The molecule has 1 heterocycles. The van der Waals surface area contributed by atoms with Gasteiger partial charge in [-0.25, -0.2) is 4.98 Å². The van der Waals surface area contributed by atoms with Gasteiger partial charge in [0.1, 0.15) is 11.6 Å². The highest BCUT2D eigenvalue weighted by molar-refractivity contribution is 5.92. The van der Waals surface area contributed by atoms with Gasteiger partial charge >= 0.3 is 0 Å². The van der Waals surface area contributed by atoms with Crippen molar-refractivity contribution >= 4 is 11.6 Å². The Bertz CT molecular complexity index is 946. The third kappa shape index (κ3) is 5.96. The first-order valence-electron chi connectivity index (χ1n) is 11.7. The second kappa shape index (κ2) is 11.1. The molecule has 6 nitrogen and oxygen atoms in total. The van der Waals surface area contributed by atoms with E-state index in [0.29, 0.717) is 54.6 Å². The summed E-state index contributed by atoms with van der Waals surface area (Å²) in [6.45, 7) is 6.58. The zero-order valence-corrected chi connectivity index (χ0v) is 19.1. The normalized spacial score (nSPS) is 14.4. The first-order chi connectivity index (χ1) is 15.0. The number of H-pyrrole nitrogens is 1. The van der Waals surface area contributed by atoms with Crippen molar-refractivity contribution in [3.63, 3.8) is 0 Å². The Morgan fingerprint density at radius 1 is 1.16 bits per heavy atom. The van der Waals surface area contributed by atoms with Gasteiger partial charge in [0.05, 0.1) is 17.9 Å². The summed E-state index contributed by atoms with van der Waals surface area (Å²) < 4.78 is 5.92. The largest absolute Gasteiger partial charge is 0.493 e. The molecule has 2 N–H and O–H groups in total. The van der Waals surface area contributed by atoms with E-state index in [-0.39, 0.29) is 11.5 Å². The van der Waals surface area contributed by atoms with Crippen LogP contribution in [-0.4, -0.2) is 22.5 Å². The average molecular weight is 426 g/mol. The van der Waals surface area contributed by atoms with Gasteiger partial charge in [-0.05, 0) is 56.2 Å². The second-order valence-corrected chi connectivity index (χ2v) is 8.36. The van der Waals surface area contributed by atoms with Gasteiger partial charge in [-0.3, -0.25) is 9.59 Å². The summed E-state index contributed by atoms with van der Waals surface area (Å²) in [4.78, 5) is 32.9. The van der Waals surface area contributed by atoms with Gasteiger partial charge < -0.3 is 15.0 Å². The quantitative estimate of drug-likeness (QED) is 0.574. The molecule has 0 atom stereocenters. The van der Waals surface area contributed by atoms with Crippen molar-refractivity contribution in [3.05, 3.63) is 39.8 Å². The molecular formula is C25H35N3O3. The lowest BCUT2D eigenvalue weighted by Gasteiger charge is -2.21. The van der Waals surface area contributed by atoms with Gasteiger partial charge in [0, 0.05) is 17.7 Å². The summed E-state index contributed by atoms with van der Waals surface area (Å²) in [6, 6.07) is 5.56. The number of carbonyl (C=O) groups is 1. The zero-order valence-electron chi connectivity index (χ0n) is 19.1. The molecule has 0 spiro atoms. The first-order valence-corrected chi connectivity index (χ1v) is 11.7. The standard InChI is InChI=1S/C25H35N3O3/c1-4-14-31-22-13-12-18(26-23(29)15-17-10-8-7-9-11-17)16-20(22)24-27-21(6-3)19(5-2)25(30)28-24/h12-13,16-17H,4-11,14-15H2,1-3H3,(H,26,29)(H,27,28,30). The number of benzene rings is 1. The minimum absolute atomic E-state index is 0.0390. The molecule has 2 aromatic rings. The van der Waals surface area contributed by atoms with E-state index in [2.05, 4.69) is 10.3 Å². The Balaban J connectivity index is 1.89. The number of amides is 1. The lowest BCUT2D eigenvalue weighted by Crippen LogP contribution is -2.19. The van der Waals surface area contributed by atoms with Crippen LogP contribution in [-0.2, 0) is 17.6 Å². The van der Waals surface area contributed by atoms with E-state index >= 15 is 0 Å². The zero-order chi connectivity index (χ0) is 22.2. The highest BCUT2D eigenvalue weighted by atomic mass is 16.5. The molecule has 168 valence electrons. The maximum absolute atomic E-state index is 12.6. The molecule has 0 unspecified atom stereocenters. The summed E-state index contributed by atoms with van der Waals surface area (Å²) in [7, 11) is 0. The van der Waals surface area contributed by atoms with Gasteiger partial charge in [-0.15, -0.1) is 0 Å². The van der Waals surface area contributed by atoms with Crippen LogP contribution in [0.5, 0.6) is 5.75 Å². The number of hydrogen-bond donors (Lipinski definition) is 2. The molecule has 0 radical (unpaired) electrons. The molecule has 1 fully saturated rings. The number of hydrogen-bond acceptors (Lipinski definition) is 4. The minimum atomic E-state index is -0.113. The number of anilines is 1. The van der Waals surface area contributed by atoms with E-state index in [9.17, 15) is 9.59 Å². The molecule has 1 saturated carbocycles. The molecule has 1 amide bonds. The third-order valence-corrected chi connectivity index (χ3v) is 5.97. The summed E-state index contributed by atoms with van der Waals surface area (Å²) >= 11 is 0. The van der Waals surface area contributed by atoms with E-state index in [0.717, 1.165) is 30.5 Å². The molecule has 3 rings (SSSR count). The van der Waals surface area contributed by atoms with Crippen LogP contribution in [0.1, 0.15) is 77.0 Å². The summed E-state index contributed by atoms with van der Waals surface area (Å²) in [5.41, 5.74) is 2.80.